The first kappa shape index (κ1) is 8.53. The average Bonchev–Trinajstić information content (AvgIpc) is 2.42. The third-order valence-corrected chi connectivity index (χ3v) is 2.09. The van der Waals surface area contributed by atoms with Gasteiger partial charge in [0.05, 0.1) is 0 Å². The number of nitrogens with zero attached hydrogens (tertiary/aromatic N) is 1. The molecule has 2 rings (SSSR count). The van der Waals surface area contributed by atoms with E-state index in [0.29, 0.717) is 5.89 Å². The molecule has 0 aliphatic heterocycles. The predicted molar refractivity (Wildman–Crippen MR) is 51.5 cm³/mol. The SMILES string of the molecule is Cc1nc2cc(C(N)Cl)ccc2o1. The molecule has 2 N–H and O–H groups in total. The zero-order valence-electron chi connectivity index (χ0n) is 7.12. The fraction of sp³-hybridized carbons (Fsp3) is 0.222. The van der Waals surface area contributed by atoms with Gasteiger partial charge in [0.2, 0.25) is 0 Å². The molecule has 0 bridgehead atoms. The second-order valence-electron chi connectivity index (χ2n) is 2.86. The van der Waals surface area contributed by atoms with Gasteiger partial charge in [-0.15, -0.1) is 11.6 Å². The fourth-order valence-corrected chi connectivity index (χ4v) is 1.37. The van der Waals surface area contributed by atoms with Gasteiger partial charge in [0, 0.05) is 6.92 Å². The number of aryl methyl sites for hydroxylation is 1. The predicted octanol–water partition coefficient (Wildman–Crippen LogP) is 2.33. The quantitative estimate of drug-likeness (QED) is 0.563. The number of alkyl halides is 1. The first-order chi connectivity index (χ1) is 6.16. The number of aromatic nitrogens is 1. The molecule has 0 aliphatic rings. The standard InChI is InChI=1S/C9H9ClN2O/c1-5-12-7-4-6(9(10)11)2-3-8(7)13-5/h2-4,9H,11H2,1H3. The molecular weight excluding hydrogens is 188 g/mol. The molecule has 0 saturated carbocycles. The third kappa shape index (κ3) is 1.53. The Kier molecular flexibility index (Phi) is 1.98. The van der Waals surface area contributed by atoms with E-state index in [1.165, 1.54) is 0 Å². The molecule has 0 spiro atoms. The first-order valence-corrected chi connectivity index (χ1v) is 4.37. The van der Waals surface area contributed by atoms with Gasteiger partial charge in [-0.1, -0.05) is 6.07 Å². The van der Waals surface area contributed by atoms with E-state index in [9.17, 15) is 0 Å². The Morgan fingerprint density at radius 2 is 2.31 bits per heavy atom. The van der Waals surface area contributed by atoms with Crippen molar-refractivity contribution in [2.24, 2.45) is 5.73 Å². The minimum atomic E-state index is -0.485. The van der Waals surface area contributed by atoms with Gasteiger partial charge in [0.25, 0.3) is 0 Å². The van der Waals surface area contributed by atoms with E-state index in [4.69, 9.17) is 21.8 Å². The molecule has 1 aromatic carbocycles. The first-order valence-electron chi connectivity index (χ1n) is 3.93. The van der Waals surface area contributed by atoms with E-state index in [2.05, 4.69) is 4.98 Å². The van der Waals surface area contributed by atoms with Gasteiger partial charge in [-0.2, -0.15) is 0 Å². The summed E-state index contributed by atoms with van der Waals surface area (Å²) in [5.74, 6) is 0.648. The number of oxazole rings is 1. The molecule has 3 nitrogen and oxygen atoms in total. The highest BCUT2D eigenvalue weighted by Crippen LogP contribution is 2.21. The summed E-state index contributed by atoms with van der Waals surface area (Å²) in [6.45, 7) is 1.81. The normalized spacial score (nSPS) is 13.5. The number of hydrogen-bond donors (Lipinski definition) is 1. The minimum absolute atomic E-state index is 0.485. The molecule has 0 radical (unpaired) electrons. The molecule has 0 fully saturated rings. The molecule has 1 atom stereocenters. The van der Waals surface area contributed by atoms with Gasteiger partial charge in [0.1, 0.15) is 11.0 Å². The van der Waals surface area contributed by atoms with Crippen molar-refractivity contribution in [3.8, 4) is 0 Å². The van der Waals surface area contributed by atoms with Crippen molar-refractivity contribution in [2.75, 3.05) is 0 Å². The Bertz CT molecular complexity index is 436. The van der Waals surface area contributed by atoms with Crippen molar-refractivity contribution in [1.82, 2.24) is 4.98 Å². The smallest absolute Gasteiger partial charge is 0.192 e. The topological polar surface area (TPSA) is 52.0 Å². The highest BCUT2D eigenvalue weighted by molar-refractivity contribution is 6.20. The van der Waals surface area contributed by atoms with Crippen LogP contribution in [-0.2, 0) is 0 Å². The van der Waals surface area contributed by atoms with Crippen LogP contribution in [0.2, 0.25) is 0 Å². The second-order valence-corrected chi connectivity index (χ2v) is 3.33. The summed E-state index contributed by atoms with van der Waals surface area (Å²) in [6, 6.07) is 5.50. The molecule has 68 valence electrons. The average molecular weight is 197 g/mol. The van der Waals surface area contributed by atoms with Crippen LogP contribution >= 0.6 is 11.6 Å². The van der Waals surface area contributed by atoms with Gasteiger partial charge in [-0.25, -0.2) is 4.98 Å². The van der Waals surface area contributed by atoms with Crippen molar-refractivity contribution >= 4 is 22.7 Å². The second kappa shape index (κ2) is 3.01. The van der Waals surface area contributed by atoms with E-state index >= 15 is 0 Å². The van der Waals surface area contributed by atoms with E-state index in [-0.39, 0.29) is 0 Å². The van der Waals surface area contributed by atoms with Gasteiger partial charge < -0.3 is 10.2 Å². The van der Waals surface area contributed by atoms with Crippen LogP contribution in [0.25, 0.3) is 11.1 Å². The van der Waals surface area contributed by atoms with Gasteiger partial charge in [-0.3, -0.25) is 0 Å². The van der Waals surface area contributed by atoms with Crippen LogP contribution in [0.15, 0.2) is 22.6 Å². The molecule has 1 aromatic heterocycles. The zero-order chi connectivity index (χ0) is 9.42. The minimum Gasteiger partial charge on any atom is -0.441 e. The molecule has 2 aromatic rings. The lowest BCUT2D eigenvalue weighted by Crippen LogP contribution is -2.01. The van der Waals surface area contributed by atoms with Crippen LogP contribution in [0.3, 0.4) is 0 Å². The van der Waals surface area contributed by atoms with Crippen LogP contribution < -0.4 is 5.73 Å². The number of nitrogens with two attached hydrogens (primary N) is 1. The van der Waals surface area contributed by atoms with E-state index < -0.39 is 5.50 Å². The maximum Gasteiger partial charge on any atom is 0.192 e. The third-order valence-electron chi connectivity index (χ3n) is 1.84. The lowest BCUT2D eigenvalue weighted by atomic mass is 10.2. The molecule has 1 heterocycles. The molecule has 0 saturated heterocycles. The summed E-state index contributed by atoms with van der Waals surface area (Å²) in [4.78, 5) is 4.18. The zero-order valence-corrected chi connectivity index (χ0v) is 7.88. The van der Waals surface area contributed by atoms with Gasteiger partial charge >= 0.3 is 0 Å². The number of benzene rings is 1. The van der Waals surface area contributed by atoms with Gasteiger partial charge in [0.15, 0.2) is 11.5 Å². The molecule has 0 aliphatic carbocycles. The van der Waals surface area contributed by atoms with Crippen LogP contribution in [-0.4, -0.2) is 4.98 Å². The Morgan fingerprint density at radius 3 is 3.00 bits per heavy atom. The summed E-state index contributed by atoms with van der Waals surface area (Å²) >= 11 is 5.73. The number of hydrogen-bond acceptors (Lipinski definition) is 3. The summed E-state index contributed by atoms with van der Waals surface area (Å²) in [6.07, 6.45) is 0. The molecule has 1 unspecified atom stereocenters. The van der Waals surface area contributed by atoms with Crippen molar-refractivity contribution in [3.05, 3.63) is 29.7 Å². The highest BCUT2D eigenvalue weighted by Gasteiger charge is 2.06. The summed E-state index contributed by atoms with van der Waals surface area (Å²) in [7, 11) is 0. The maximum atomic E-state index is 5.73. The Labute approximate surface area is 80.5 Å². The van der Waals surface area contributed by atoms with Crippen LogP contribution in [0.4, 0.5) is 0 Å². The summed E-state index contributed by atoms with van der Waals surface area (Å²) < 4.78 is 5.31. The summed E-state index contributed by atoms with van der Waals surface area (Å²) in [5, 5.41) is 0. The highest BCUT2D eigenvalue weighted by atomic mass is 35.5. The number of halogens is 1. The maximum absolute atomic E-state index is 5.73. The lowest BCUT2D eigenvalue weighted by molar-refractivity contribution is 0.561. The molecule has 0 amide bonds. The molecular formula is C9H9ClN2O. The van der Waals surface area contributed by atoms with Crippen LogP contribution in [0.5, 0.6) is 0 Å². The lowest BCUT2D eigenvalue weighted by Gasteiger charge is -2.00. The monoisotopic (exact) mass is 196 g/mol. The Hall–Kier alpha value is -1.06. The Balaban J connectivity index is 2.61. The van der Waals surface area contributed by atoms with E-state index in [0.717, 1.165) is 16.7 Å². The van der Waals surface area contributed by atoms with Gasteiger partial charge in [-0.05, 0) is 17.7 Å². The van der Waals surface area contributed by atoms with Crippen LogP contribution in [0.1, 0.15) is 17.0 Å². The Morgan fingerprint density at radius 1 is 1.54 bits per heavy atom. The van der Waals surface area contributed by atoms with Crippen molar-refractivity contribution < 1.29 is 4.42 Å². The van der Waals surface area contributed by atoms with Crippen molar-refractivity contribution in [1.29, 1.82) is 0 Å². The van der Waals surface area contributed by atoms with Crippen molar-refractivity contribution in [2.45, 2.75) is 12.4 Å². The molecule has 13 heavy (non-hydrogen) atoms. The number of fused-ring (bicyclic) bond motifs is 1. The van der Waals surface area contributed by atoms with Crippen LogP contribution in [0, 0.1) is 6.92 Å². The summed E-state index contributed by atoms with van der Waals surface area (Å²) in [5.41, 5.74) is 7.44. The molecule has 4 heteroatoms. The number of rotatable bonds is 1. The van der Waals surface area contributed by atoms with E-state index in [1.54, 1.807) is 6.92 Å². The fourth-order valence-electron chi connectivity index (χ4n) is 1.23. The largest absolute Gasteiger partial charge is 0.441 e. The van der Waals surface area contributed by atoms with E-state index in [1.807, 2.05) is 18.2 Å². The van der Waals surface area contributed by atoms with Crippen molar-refractivity contribution in [3.63, 3.8) is 0 Å².